The van der Waals surface area contributed by atoms with Crippen molar-refractivity contribution in [1.29, 1.82) is 0 Å². The zero-order valence-electron chi connectivity index (χ0n) is 23.2. The fraction of sp³-hybridized carbons (Fsp3) is 0.294. The molecule has 35 heavy (non-hydrogen) atoms. The van der Waals surface area contributed by atoms with Crippen molar-refractivity contribution in [2.75, 3.05) is 21.1 Å². The van der Waals surface area contributed by atoms with Gasteiger partial charge in [-0.15, -0.1) is 0 Å². The lowest BCUT2D eigenvalue weighted by molar-refractivity contribution is 0.505. The highest BCUT2D eigenvalue weighted by molar-refractivity contribution is 5.94. The Morgan fingerprint density at radius 2 is 0.543 bits per heavy atom. The van der Waals surface area contributed by atoms with Crippen LogP contribution >= 0.6 is 0 Å². The van der Waals surface area contributed by atoms with Gasteiger partial charge in [0.05, 0.1) is 5.41 Å². The van der Waals surface area contributed by atoms with Crippen LogP contribution in [0, 0.1) is 0 Å². The van der Waals surface area contributed by atoms with E-state index in [9.17, 15) is 0 Å². The second-order valence-electron chi connectivity index (χ2n) is 8.27. The van der Waals surface area contributed by atoms with Gasteiger partial charge in [-0.05, 0) is 65.7 Å². The molecule has 0 N–H and O–H groups in total. The molecule has 1 spiro atoms. The molecule has 0 aliphatic heterocycles. The number of benzene rings is 4. The molecule has 184 valence electrons. The van der Waals surface area contributed by atoms with Gasteiger partial charge >= 0.3 is 0 Å². The molecule has 2 aliphatic rings. The molecule has 6 rings (SSSR count). The molecule has 0 atom stereocenters. The lowest BCUT2D eigenvalue weighted by Crippen LogP contribution is -2.25. The van der Waals surface area contributed by atoms with Gasteiger partial charge in [-0.3, -0.25) is 0 Å². The minimum atomic E-state index is -0.180. The van der Waals surface area contributed by atoms with Crippen LogP contribution in [-0.4, -0.2) is 26.0 Å². The fourth-order valence-corrected chi connectivity index (χ4v) is 5.05. The van der Waals surface area contributed by atoms with Gasteiger partial charge in [0, 0.05) is 0 Å². The van der Waals surface area contributed by atoms with E-state index >= 15 is 0 Å². The quantitative estimate of drug-likeness (QED) is 0.216. The lowest BCUT2D eigenvalue weighted by atomic mass is 9.70. The van der Waals surface area contributed by atoms with Gasteiger partial charge in [0.1, 0.15) is 0 Å². The molecule has 4 aromatic carbocycles. The van der Waals surface area contributed by atoms with Gasteiger partial charge < -0.3 is 4.90 Å². The normalized spacial score (nSPS) is 12.1. The SMILES string of the molecule is CC.CC.CC.CN(C)C.c1ccc2c(c1)-c1ccccc1C21c2ccccc2-c2ccccc21. The Bertz CT molecular complexity index is 1010. The predicted molar refractivity (Wildman–Crippen MR) is 156 cm³/mol. The second-order valence-corrected chi connectivity index (χ2v) is 8.27. The van der Waals surface area contributed by atoms with E-state index in [1.54, 1.807) is 0 Å². The maximum absolute atomic E-state index is 2.31. The van der Waals surface area contributed by atoms with E-state index in [-0.39, 0.29) is 5.41 Å². The zero-order valence-corrected chi connectivity index (χ0v) is 23.2. The monoisotopic (exact) mass is 465 g/mol. The highest BCUT2D eigenvalue weighted by atomic mass is 15.0. The van der Waals surface area contributed by atoms with Crippen LogP contribution in [0.5, 0.6) is 0 Å². The summed E-state index contributed by atoms with van der Waals surface area (Å²) in [5.41, 5.74) is 10.9. The van der Waals surface area contributed by atoms with Gasteiger partial charge in [-0.25, -0.2) is 0 Å². The third kappa shape index (κ3) is 4.83. The van der Waals surface area contributed by atoms with E-state index in [1.807, 2.05) is 67.6 Å². The van der Waals surface area contributed by atoms with E-state index in [4.69, 9.17) is 0 Å². The third-order valence-electron chi connectivity index (χ3n) is 5.90. The molecule has 0 saturated heterocycles. The number of fused-ring (bicyclic) bond motifs is 10. The van der Waals surface area contributed by atoms with E-state index in [1.165, 1.54) is 44.5 Å². The van der Waals surface area contributed by atoms with Crippen molar-refractivity contribution >= 4 is 0 Å². The summed E-state index contributed by atoms with van der Waals surface area (Å²) in [5.74, 6) is 0. The van der Waals surface area contributed by atoms with E-state index in [0.717, 1.165) is 0 Å². The second kappa shape index (κ2) is 13.1. The van der Waals surface area contributed by atoms with Crippen molar-refractivity contribution in [1.82, 2.24) is 4.90 Å². The highest BCUT2D eigenvalue weighted by Gasteiger charge is 2.51. The standard InChI is InChI=1S/C25H16.C3H9N.3C2H6/c1-5-13-21-17(9-1)18-10-2-6-14-22(18)25(21)23-15-7-3-11-19(23)20-12-4-8-16-24(20)25;1-4(2)3;3*1-2/h1-16H;1-3H3;3*1-2H3. The van der Waals surface area contributed by atoms with Gasteiger partial charge in [0.2, 0.25) is 0 Å². The Hall–Kier alpha value is -3.16. The van der Waals surface area contributed by atoms with Crippen LogP contribution in [0.3, 0.4) is 0 Å². The largest absolute Gasteiger partial charge is 0.312 e. The molecular formula is C34H43N. The van der Waals surface area contributed by atoms with Crippen LogP contribution in [0.1, 0.15) is 63.8 Å². The summed E-state index contributed by atoms with van der Waals surface area (Å²) in [6.07, 6.45) is 0. The Balaban J connectivity index is 0.000000383. The minimum absolute atomic E-state index is 0.180. The van der Waals surface area contributed by atoms with Crippen LogP contribution in [0.25, 0.3) is 22.3 Å². The first-order valence-corrected chi connectivity index (χ1v) is 13.2. The molecule has 1 heteroatoms. The summed E-state index contributed by atoms with van der Waals surface area (Å²) in [6.45, 7) is 12.0. The van der Waals surface area contributed by atoms with Crippen LogP contribution < -0.4 is 0 Å². The molecule has 0 saturated carbocycles. The van der Waals surface area contributed by atoms with E-state index in [0.29, 0.717) is 0 Å². The summed E-state index contributed by atoms with van der Waals surface area (Å²) in [7, 11) is 6.00. The van der Waals surface area contributed by atoms with Gasteiger partial charge in [-0.2, -0.15) is 0 Å². The molecule has 0 aromatic heterocycles. The number of hydrogen-bond acceptors (Lipinski definition) is 1. The summed E-state index contributed by atoms with van der Waals surface area (Å²) in [4.78, 5) is 2.00. The smallest absolute Gasteiger partial charge is 0.0725 e. The molecule has 0 fully saturated rings. The Morgan fingerprint density at radius 1 is 0.371 bits per heavy atom. The van der Waals surface area contributed by atoms with Crippen molar-refractivity contribution in [2.24, 2.45) is 0 Å². The number of rotatable bonds is 0. The Labute approximate surface area is 214 Å². The molecule has 0 unspecified atom stereocenters. The maximum Gasteiger partial charge on any atom is 0.0725 e. The van der Waals surface area contributed by atoms with E-state index < -0.39 is 0 Å². The summed E-state index contributed by atoms with van der Waals surface area (Å²) in [6, 6.07) is 35.7. The third-order valence-corrected chi connectivity index (χ3v) is 5.90. The first-order valence-electron chi connectivity index (χ1n) is 13.2. The average Bonchev–Trinajstić information content (AvgIpc) is 3.40. The molecule has 4 aromatic rings. The molecule has 0 amide bonds. The number of nitrogens with zero attached hydrogens (tertiary/aromatic N) is 1. The van der Waals surface area contributed by atoms with Crippen LogP contribution in [-0.2, 0) is 5.41 Å². The first-order chi connectivity index (χ1) is 17.2. The van der Waals surface area contributed by atoms with Crippen LogP contribution in [0.15, 0.2) is 97.1 Å². The fourth-order valence-electron chi connectivity index (χ4n) is 5.05. The predicted octanol–water partition coefficient (Wildman–Crippen LogP) is 9.29. The summed E-state index contributed by atoms with van der Waals surface area (Å²) < 4.78 is 0. The van der Waals surface area contributed by atoms with Crippen molar-refractivity contribution < 1.29 is 0 Å². The molecule has 0 bridgehead atoms. The Kier molecular flexibility index (Phi) is 10.5. The maximum atomic E-state index is 2.31. The molecule has 2 aliphatic carbocycles. The highest BCUT2D eigenvalue weighted by Crippen LogP contribution is 2.62. The van der Waals surface area contributed by atoms with Crippen molar-refractivity contribution in [2.45, 2.75) is 47.0 Å². The van der Waals surface area contributed by atoms with Crippen LogP contribution in [0.4, 0.5) is 0 Å². The summed E-state index contributed by atoms with van der Waals surface area (Å²) >= 11 is 0. The number of hydrogen-bond donors (Lipinski definition) is 0. The van der Waals surface area contributed by atoms with Gasteiger partial charge in [-0.1, -0.05) is 139 Å². The molecule has 0 heterocycles. The topological polar surface area (TPSA) is 3.24 Å². The van der Waals surface area contributed by atoms with Gasteiger partial charge in [0.15, 0.2) is 0 Å². The van der Waals surface area contributed by atoms with Crippen molar-refractivity contribution in [3.05, 3.63) is 119 Å². The van der Waals surface area contributed by atoms with Crippen molar-refractivity contribution in [3.63, 3.8) is 0 Å². The zero-order chi connectivity index (χ0) is 26.0. The van der Waals surface area contributed by atoms with E-state index in [2.05, 4.69) is 97.1 Å². The van der Waals surface area contributed by atoms with Gasteiger partial charge in [0.25, 0.3) is 0 Å². The van der Waals surface area contributed by atoms with Crippen molar-refractivity contribution in [3.8, 4) is 22.3 Å². The lowest BCUT2D eigenvalue weighted by Gasteiger charge is -2.30. The minimum Gasteiger partial charge on any atom is -0.312 e. The molecule has 1 nitrogen and oxygen atoms in total. The Morgan fingerprint density at radius 3 is 0.743 bits per heavy atom. The molecular weight excluding hydrogens is 422 g/mol. The average molecular weight is 466 g/mol. The molecule has 0 radical (unpaired) electrons. The summed E-state index contributed by atoms with van der Waals surface area (Å²) in [5, 5.41) is 0. The van der Waals surface area contributed by atoms with Crippen LogP contribution in [0.2, 0.25) is 0 Å². The first kappa shape index (κ1) is 28.1.